The van der Waals surface area contributed by atoms with Crippen LogP contribution in [0.25, 0.3) is 0 Å². The first-order valence-electron chi connectivity index (χ1n) is 15.0. The van der Waals surface area contributed by atoms with Crippen molar-refractivity contribution in [3.63, 3.8) is 0 Å². The normalized spacial score (nSPS) is 48.1. The van der Waals surface area contributed by atoms with Gasteiger partial charge in [-0.05, 0) is 79.4 Å². The van der Waals surface area contributed by atoms with E-state index < -0.39 is 29.5 Å². The van der Waals surface area contributed by atoms with Crippen LogP contribution >= 0.6 is 0 Å². The minimum absolute atomic E-state index is 0.0221. The minimum atomic E-state index is -0.729. The molecule has 4 aliphatic rings. The Morgan fingerprint density at radius 2 is 1.53 bits per heavy atom. The molecule has 0 radical (unpaired) electrons. The van der Waals surface area contributed by atoms with Gasteiger partial charge in [-0.1, -0.05) is 54.4 Å². The number of aldehydes is 1. The molecule has 0 N–H and O–H groups in total. The molecule has 38 heavy (non-hydrogen) atoms. The van der Waals surface area contributed by atoms with Crippen molar-refractivity contribution in [2.45, 2.75) is 125 Å². The van der Waals surface area contributed by atoms with Crippen molar-refractivity contribution in [2.24, 2.45) is 51.2 Å². The molecule has 0 saturated heterocycles. The number of ether oxygens (including phenoxy) is 2. The number of esters is 2. The van der Waals surface area contributed by atoms with Gasteiger partial charge < -0.3 is 14.3 Å². The van der Waals surface area contributed by atoms with Crippen LogP contribution in [0.3, 0.4) is 0 Å². The van der Waals surface area contributed by atoms with Crippen LogP contribution in [-0.4, -0.2) is 36.2 Å². The van der Waals surface area contributed by atoms with E-state index in [2.05, 4.69) is 34.6 Å². The monoisotopic (exact) mass is 530 g/mol. The van der Waals surface area contributed by atoms with Gasteiger partial charge in [0.2, 0.25) is 0 Å². The van der Waals surface area contributed by atoms with E-state index in [9.17, 15) is 19.2 Å². The zero-order valence-corrected chi connectivity index (χ0v) is 24.9. The molecule has 3 unspecified atom stereocenters. The first-order valence-corrected chi connectivity index (χ1v) is 15.0. The average molecular weight is 531 g/mol. The molecule has 0 bridgehead atoms. The summed E-state index contributed by atoms with van der Waals surface area (Å²) in [4.78, 5) is 51.0. The topological polar surface area (TPSA) is 86.7 Å². The maximum atomic E-state index is 13.0. The van der Waals surface area contributed by atoms with E-state index in [1.807, 2.05) is 0 Å². The zero-order valence-electron chi connectivity index (χ0n) is 24.9. The summed E-state index contributed by atoms with van der Waals surface area (Å²) >= 11 is 0. The fourth-order valence-corrected chi connectivity index (χ4v) is 10.7. The smallest absolute Gasteiger partial charge is 0.305 e. The highest BCUT2D eigenvalue weighted by atomic mass is 16.5. The summed E-state index contributed by atoms with van der Waals surface area (Å²) in [5.74, 6) is -1.37. The molecule has 0 spiro atoms. The third-order valence-corrected chi connectivity index (χ3v) is 12.6. The second kappa shape index (κ2) is 10.0. The first kappa shape index (κ1) is 29.3. The van der Waals surface area contributed by atoms with Gasteiger partial charge in [0.05, 0.1) is 5.92 Å². The van der Waals surface area contributed by atoms with Crippen LogP contribution in [0, 0.1) is 51.2 Å². The Kier molecular flexibility index (Phi) is 7.73. The van der Waals surface area contributed by atoms with Gasteiger partial charge >= 0.3 is 11.9 Å². The molecule has 4 rings (SSSR count). The lowest BCUT2D eigenvalue weighted by molar-refractivity contribution is -0.263. The Balaban J connectivity index is 1.87. The number of hydrogen-bond donors (Lipinski definition) is 0. The number of fused-ring (bicyclic) bond motifs is 5. The van der Waals surface area contributed by atoms with E-state index in [4.69, 9.17) is 9.47 Å². The summed E-state index contributed by atoms with van der Waals surface area (Å²) in [5, 5.41) is 0. The van der Waals surface area contributed by atoms with Crippen LogP contribution in [-0.2, 0) is 28.7 Å². The maximum absolute atomic E-state index is 13.0. The summed E-state index contributed by atoms with van der Waals surface area (Å²) in [6, 6.07) is 0. The van der Waals surface area contributed by atoms with Gasteiger partial charge in [0.1, 0.15) is 24.3 Å². The predicted molar refractivity (Wildman–Crippen MR) is 145 cm³/mol. The maximum Gasteiger partial charge on any atom is 0.305 e. The van der Waals surface area contributed by atoms with Crippen molar-refractivity contribution in [1.29, 1.82) is 0 Å². The molecule has 0 aromatic rings. The fourth-order valence-electron chi connectivity index (χ4n) is 10.7. The van der Waals surface area contributed by atoms with Crippen LogP contribution in [0.1, 0.15) is 113 Å². The summed E-state index contributed by atoms with van der Waals surface area (Å²) in [5.41, 5.74) is -0.444. The molecule has 0 aliphatic heterocycles. The molecule has 0 amide bonds. The highest BCUT2D eigenvalue weighted by Crippen LogP contribution is 2.74. The van der Waals surface area contributed by atoms with E-state index in [1.165, 1.54) is 26.7 Å². The van der Waals surface area contributed by atoms with Crippen LogP contribution in [0.4, 0.5) is 0 Å². The largest absolute Gasteiger partial charge is 0.462 e. The molecule has 0 aromatic heterocycles. The lowest BCUT2D eigenvalue weighted by Gasteiger charge is -2.71. The summed E-state index contributed by atoms with van der Waals surface area (Å²) in [6.45, 7) is 16.4. The molecule has 4 fully saturated rings. The lowest BCUT2D eigenvalue weighted by Crippen LogP contribution is -2.70. The van der Waals surface area contributed by atoms with Gasteiger partial charge in [-0.25, -0.2) is 0 Å². The van der Waals surface area contributed by atoms with Crippen molar-refractivity contribution in [3.8, 4) is 0 Å². The predicted octanol–water partition coefficient (Wildman–Crippen LogP) is 6.33. The molecule has 214 valence electrons. The SMILES string of the molecule is CCC(=O)O[C@H]1CC2[C@]3(C)CCC4[C@@](C)(CC)CCC[C@]4(C)C3C[C@H](OC(C)=O)[C@]2(C)[C@@H](C=O)[C@@H]1C(C)=O. The third kappa shape index (κ3) is 4.18. The molecule has 6 heteroatoms. The second-order valence-corrected chi connectivity index (χ2v) is 14.2. The Morgan fingerprint density at radius 1 is 0.868 bits per heavy atom. The summed E-state index contributed by atoms with van der Waals surface area (Å²) in [6.07, 6.45) is 8.19. The number of hydrogen-bond acceptors (Lipinski definition) is 6. The Hall–Kier alpha value is -1.72. The van der Waals surface area contributed by atoms with Crippen LogP contribution < -0.4 is 0 Å². The van der Waals surface area contributed by atoms with E-state index in [0.29, 0.717) is 30.1 Å². The van der Waals surface area contributed by atoms with Gasteiger partial charge in [-0.3, -0.25) is 14.4 Å². The quantitative estimate of drug-likeness (QED) is 0.295. The minimum Gasteiger partial charge on any atom is -0.462 e. The van der Waals surface area contributed by atoms with Crippen molar-refractivity contribution in [3.05, 3.63) is 0 Å². The zero-order chi connectivity index (χ0) is 28.3. The van der Waals surface area contributed by atoms with Crippen LogP contribution in [0.15, 0.2) is 0 Å². The number of carbonyl (C=O) groups excluding carboxylic acids is 4. The summed E-state index contributed by atoms with van der Waals surface area (Å²) in [7, 11) is 0. The molecule has 4 aliphatic carbocycles. The fraction of sp³-hybridized carbons (Fsp3) is 0.875. The lowest BCUT2D eigenvalue weighted by atomic mass is 9.33. The van der Waals surface area contributed by atoms with Gasteiger partial charge in [0.25, 0.3) is 0 Å². The van der Waals surface area contributed by atoms with Gasteiger partial charge in [-0.15, -0.1) is 0 Å². The average Bonchev–Trinajstić information content (AvgIpc) is 2.84. The third-order valence-electron chi connectivity index (χ3n) is 12.6. The van der Waals surface area contributed by atoms with Crippen molar-refractivity contribution < 1.29 is 28.7 Å². The standard InChI is InChI=1S/C32H50O6/c1-9-27(36)38-22-16-25-31(7)15-12-23-29(5,10-2)13-11-14-30(23,6)24(31)17-26(37-20(4)35)32(25,8)21(18-33)28(22)19(3)34/h18,21-26,28H,9-17H2,1-8H3/t21-,22-,23?,24?,25?,26-,28-,29-,30-,31+,32+/m0/s1. The second-order valence-electron chi connectivity index (χ2n) is 14.2. The Labute approximate surface area is 229 Å². The first-order chi connectivity index (χ1) is 17.7. The number of Topliss-reactive ketones (excluding diaryl/α,β-unsaturated/α-hetero) is 1. The van der Waals surface area contributed by atoms with E-state index in [-0.39, 0.29) is 40.9 Å². The van der Waals surface area contributed by atoms with Crippen molar-refractivity contribution in [1.82, 2.24) is 0 Å². The Bertz CT molecular complexity index is 975. The number of ketones is 1. The van der Waals surface area contributed by atoms with Gasteiger partial charge in [-0.2, -0.15) is 0 Å². The van der Waals surface area contributed by atoms with Crippen LogP contribution in [0.2, 0.25) is 0 Å². The Morgan fingerprint density at radius 3 is 2.08 bits per heavy atom. The van der Waals surface area contributed by atoms with Crippen LogP contribution in [0.5, 0.6) is 0 Å². The molecule has 0 heterocycles. The van der Waals surface area contributed by atoms with Crippen molar-refractivity contribution >= 4 is 24.0 Å². The summed E-state index contributed by atoms with van der Waals surface area (Å²) < 4.78 is 12.1. The van der Waals surface area contributed by atoms with E-state index in [1.54, 1.807) is 6.92 Å². The van der Waals surface area contributed by atoms with Gasteiger partial charge in [0.15, 0.2) is 0 Å². The van der Waals surface area contributed by atoms with Gasteiger partial charge in [0, 0.05) is 24.7 Å². The van der Waals surface area contributed by atoms with Crippen molar-refractivity contribution in [2.75, 3.05) is 0 Å². The molecular weight excluding hydrogens is 480 g/mol. The molecule has 0 aromatic carbocycles. The molecule has 11 atom stereocenters. The number of rotatable bonds is 6. The van der Waals surface area contributed by atoms with E-state index in [0.717, 1.165) is 32.0 Å². The van der Waals surface area contributed by atoms with E-state index >= 15 is 0 Å². The highest BCUT2D eigenvalue weighted by Gasteiger charge is 2.71. The molecular formula is C32H50O6. The highest BCUT2D eigenvalue weighted by molar-refractivity contribution is 5.83. The molecule has 4 saturated carbocycles. The number of carbonyl (C=O) groups is 4. The molecule has 6 nitrogen and oxygen atoms in total.